The van der Waals surface area contributed by atoms with E-state index in [-0.39, 0.29) is 23.3 Å². The van der Waals surface area contributed by atoms with Crippen LogP contribution in [0, 0.1) is 0 Å². The number of hydrogen-bond acceptors (Lipinski definition) is 12. The minimum atomic E-state index is -0.457. The van der Waals surface area contributed by atoms with Crippen LogP contribution in [0.15, 0.2) is 486 Å². The van der Waals surface area contributed by atoms with Gasteiger partial charge in [0.15, 0.2) is 17.5 Å². The summed E-state index contributed by atoms with van der Waals surface area (Å²) in [5.74, 6) is 1.71. The average Bonchev–Trinajstić information content (AvgIpc) is 1.54. The van der Waals surface area contributed by atoms with Crippen molar-refractivity contribution in [2.24, 2.45) is 0 Å². The average molecular weight is 1970 g/mol. The van der Waals surface area contributed by atoms with Crippen LogP contribution in [0.3, 0.4) is 0 Å². The van der Waals surface area contributed by atoms with Gasteiger partial charge in [-0.25, -0.2) is 29.9 Å². The molecule has 0 N–H and O–H groups in total. The predicted molar refractivity (Wildman–Crippen MR) is 630 cm³/mol. The van der Waals surface area contributed by atoms with Gasteiger partial charge in [-0.05, 0) is 190 Å². The first kappa shape index (κ1) is 81.1. The van der Waals surface area contributed by atoms with Crippen LogP contribution in [0.2, 0.25) is 0 Å². The molecule has 0 atom stereocenters. The number of hydrogen-bond donors (Lipinski definition) is 0. The van der Waals surface area contributed by atoms with Gasteiger partial charge < -0.3 is 13.7 Å². The molecular formula is C135H80N12S3. The van der Waals surface area contributed by atoms with E-state index in [0.717, 1.165) is 106 Å². The van der Waals surface area contributed by atoms with Crippen LogP contribution in [0.5, 0.6) is 0 Å². The summed E-state index contributed by atoms with van der Waals surface area (Å²) >= 11 is 5.60. The fourth-order valence-corrected chi connectivity index (χ4v) is 26.3. The van der Waals surface area contributed by atoms with Crippen molar-refractivity contribution in [1.29, 1.82) is 0 Å². The zero-order chi connectivity index (χ0) is 103. The predicted octanol–water partition coefficient (Wildman–Crippen LogP) is 36.3. The number of rotatable bonds is 11. The standard InChI is InChI=1S/2C47H28N4S.C41H24N4S/c1-2-12-29(13-3-1)31-14-10-15-32(28-31)43-44-38(20-11-27-48-44)49-47(50-43)30-23-25-33(26-24-30)51-39-21-8-6-18-36(39)41-34-16-4-5-17-35(34)46-42(45(41)51)37-19-7-9-22-40(37)52-46;1-2-11-29(12-3-1)30-20-22-31(23-21-30)43-44-38(17-10-28-48-44)49-47(50-43)32-24-26-33(27-25-32)51-39-18-8-6-15-36(39)41-34-13-4-5-14-35(34)46-42(45(41)51)37-16-7-9-19-40(37)52-46;1-2-11-25(12-3-1)37-38-32(17-10-24-42-38)43-41(44-37)26-20-22-27(23-21-26)45-33-18-8-6-15-30(33)35-28-13-4-5-14-29(28)40-36(39(35)45)31-16-7-9-19-34(31)46-40/h2*1-28H;1-24H/i;;1D,2D,3D,11D,12D. The van der Waals surface area contributed by atoms with Crippen LogP contribution < -0.4 is 0 Å². The Morgan fingerprint density at radius 1 is 0.193 bits per heavy atom. The van der Waals surface area contributed by atoms with Crippen molar-refractivity contribution in [1.82, 2.24) is 58.6 Å². The SMILES string of the molecule is [2H]c1c([2H])c([2H])c(-c2nc(-c3ccc(-n4c5ccccc5c5c6ccccc6c6sc7ccccc7c6c54)cc3)nc3cccnc23)c([2H])c1[2H].c1ccc(-c2ccc(-c3nc(-c4ccc(-n5c6ccccc6c6c7ccccc7c7sc8ccccc8c7c65)cc4)nc4cccnc34)cc2)cc1.c1ccc(-c2cccc(-c3nc(-c4ccc(-n5c6ccccc6c6c7ccccc7c7sc8ccccc8c7c65)cc4)nc4cccnc34)c2)cc1. The number of thiophene rings is 3. The summed E-state index contributed by atoms with van der Waals surface area (Å²) in [6.07, 6.45) is 5.21. The Balaban J connectivity index is 0.000000106. The Bertz CT molecular complexity index is 11500. The van der Waals surface area contributed by atoms with Gasteiger partial charge in [-0.1, -0.05) is 315 Å². The van der Waals surface area contributed by atoms with Gasteiger partial charge in [0.25, 0.3) is 0 Å². The summed E-state index contributed by atoms with van der Waals surface area (Å²) in [5.41, 5.74) is 25.5. The summed E-state index contributed by atoms with van der Waals surface area (Å²) in [4.78, 5) is 43.9. The van der Waals surface area contributed by atoms with Crippen LogP contribution in [0.4, 0.5) is 0 Å². The second-order valence-corrected chi connectivity index (χ2v) is 40.8. The van der Waals surface area contributed by atoms with E-state index in [4.69, 9.17) is 46.7 Å². The lowest BCUT2D eigenvalue weighted by Gasteiger charge is -2.12. The molecule has 12 heterocycles. The van der Waals surface area contributed by atoms with Crippen molar-refractivity contribution < 1.29 is 6.85 Å². The van der Waals surface area contributed by atoms with Crippen molar-refractivity contribution in [3.05, 3.63) is 486 Å². The number of nitrogens with zero attached hydrogens (tertiary/aromatic N) is 12. The highest BCUT2D eigenvalue weighted by atomic mass is 32.1. The van der Waals surface area contributed by atoms with Crippen LogP contribution in [-0.2, 0) is 0 Å². The Morgan fingerprint density at radius 3 is 0.847 bits per heavy atom. The third kappa shape index (κ3) is 14.0. The van der Waals surface area contributed by atoms with E-state index in [1.165, 1.54) is 153 Å². The number of para-hydroxylation sites is 3. The van der Waals surface area contributed by atoms with E-state index < -0.39 is 18.1 Å². The van der Waals surface area contributed by atoms with Crippen LogP contribution in [-0.4, -0.2) is 58.6 Å². The highest BCUT2D eigenvalue weighted by molar-refractivity contribution is 7.28. The van der Waals surface area contributed by atoms with Crippen LogP contribution in [0.1, 0.15) is 6.85 Å². The molecule has 0 bridgehead atoms. The summed E-state index contributed by atoms with van der Waals surface area (Å²) in [5, 5.41) is 22.8. The second kappa shape index (κ2) is 35.3. The summed E-state index contributed by atoms with van der Waals surface area (Å²) < 4.78 is 56.9. The molecule has 0 aliphatic heterocycles. The number of fused-ring (bicyclic) bond motifs is 33. The van der Waals surface area contributed by atoms with Crippen molar-refractivity contribution >= 4 is 225 Å². The first-order valence-corrected chi connectivity index (χ1v) is 52.3. The fraction of sp³-hybridized carbons (Fsp3) is 0. The molecule has 12 nitrogen and oxygen atoms in total. The van der Waals surface area contributed by atoms with E-state index in [0.29, 0.717) is 28.5 Å². The molecule has 32 rings (SSSR count). The van der Waals surface area contributed by atoms with Crippen molar-refractivity contribution in [3.8, 4) is 107 Å². The first-order chi connectivity index (χ1) is 76.5. The molecule has 0 fully saturated rings. The fourth-order valence-electron chi connectivity index (χ4n) is 22.6. The number of benzene rings is 20. The maximum absolute atomic E-state index is 8.65. The molecule has 15 heteroatoms. The Labute approximate surface area is 877 Å². The summed E-state index contributed by atoms with van der Waals surface area (Å²) in [6, 6.07) is 152. The molecule has 0 radical (unpaired) electrons. The topological polar surface area (TPSA) is 131 Å². The van der Waals surface area contributed by atoms with E-state index >= 15 is 0 Å². The highest BCUT2D eigenvalue weighted by Gasteiger charge is 2.29. The van der Waals surface area contributed by atoms with Crippen LogP contribution >= 0.6 is 34.0 Å². The van der Waals surface area contributed by atoms with Crippen molar-refractivity contribution in [2.45, 2.75) is 0 Å². The van der Waals surface area contributed by atoms with E-state index in [2.05, 4.69) is 395 Å². The minimum absolute atomic E-state index is 0.00511. The third-order valence-electron chi connectivity index (χ3n) is 29.2. The lowest BCUT2D eigenvalue weighted by Crippen LogP contribution is -1.98. The maximum Gasteiger partial charge on any atom is 0.160 e. The van der Waals surface area contributed by atoms with Gasteiger partial charge in [0.2, 0.25) is 0 Å². The number of aromatic nitrogens is 12. The van der Waals surface area contributed by atoms with Gasteiger partial charge in [0.1, 0.15) is 33.6 Å². The zero-order valence-electron chi connectivity index (χ0n) is 84.9. The quantitative estimate of drug-likeness (QED) is 0.124. The molecule has 0 amide bonds. The smallest absolute Gasteiger partial charge is 0.160 e. The van der Waals surface area contributed by atoms with Gasteiger partial charge in [-0.3, -0.25) is 15.0 Å². The first-order valence-electron chi connectivity index (χ1n) is 52.4. The molecular weight excluding hydrogens is 1890 g/mol. The molecule has 0 spiro atoms. The Hall–Kier alpha value is -19.3. The normalized spacial score (nSPS) is 12.3. The maximum atomic E-state index is 8.65. The second-order valence-electron chi connectivity index (χ2n) is 37.6. The van der Waals surface area contributed by atoms with Gasteiger partial charge in [0.05, 0.1) is 56.5 Å². The Morgan fingerprint density at radius 2 is 0.473 bits per heavy atom. The molecule has 150 heavy (non-hydrogen) atoms. The minimum Gasteiger partial charge on any atom is -0.309 e. The summed E-state index contributed by atoms with van der Waals surface area (Å²) in [6.45, 7) is 0. The monoisotopic (exact) mass is 1970 g/mol. The molecule has 20 aromatic carbocycles. The van der Waals surface area contributed by atoms with Gasteiger partial charge in [-0.15, -0.1) is 34.0 Å². The van der Waals surface area contributed by atoms with E-state index in [1.54, 1.807) is 18.3 Å². The van der Waals surface area contributed by atoms with Gasteiger partial charge in [-0.2, -0.15) is 0 Å². The van der Waals surface area contributed by atoms with E-state index in [9.17, 15) is 0 Å². The van der Waals surface area contributed by atoms with E-state index in [1.807, 2.05) is 94.9 Å². The molecule has 0 saturated heterocycles. The Kier molecular flexibility index (Phi) is 19.1. The lowest BCUT2D eigenvalue weighted by atomic mass is 10.00. The summed E-state index contributed by atoms with van der Waals surface area (Å²) in [7, 11) is 0. The van der Waals surface area contributed by atoms with Crippen molar-refractivity contribution in [3.63, 3.8) is 0 Å². The van der Waals surface area contributed by atoms with Crippen LogP contribution in [0.25, 0.3) is 299 Å². The zero-order valence-corrected chi connectivity index (χ0v) is 82.3. The molecule has 698 valence electrons. The molecule has 0 unspecified atom stereocenters. The molecule has 0 aliphatic carbocycles. The van der Waals surface area contributed by atoms with Gasteiger partial charge in [0, 0.05) is 178 Å². The van der Waals surface area contributed by atoms with Gasteiger partial charge >= 0.3 is 0 Å². The lowest BCUT2D eigenvalue weighted by molar-refractivity contribution is 1.18. The third-order valence-corrected chi connectivity index (χ3v) is 32.8. The molecule has 32 aromatic rings. The largest absolute Gasteiger partial charge is 0.309 e. The highest BCUT2D eigenvalue weighted by Crippen LogP contribution is 2.53. The number of pyridine rings is 3. The molecule has 0 aliphatic rings. The molecule has 0 saturated carbocycles. The van der Waals surface area contributed by atoms with Crippen molar-refractivity contribution in [2.75, 3.05) is 0 Å². The molecule has 12 aromatic heterocycles.